The van der Waals surface area contributed by atoms with Gasteiger partial charge < -0.3 is 4.90 Å². The van der Waals surface area contributed by atoms with Gasteiger partial charge in [0.25, 0.3) is 11.1 Å². The van der Waals surface area contributed by atoms with Crippen molar-refractivity contribution < 1.29 is 9.59 Å². The van der Waals surface area contributed by atoms with Crippen LogP contribution in [-0.2, 0) is 0 Å². The van der Waals surface area contributed by atoms with Crippen LogP contribution in [-0.4, -0.2) is 29.1 Å². The van der Waals surface area contributed by atoms with Crippen molar-refractivity contribution in [3.63, 3.8) is 0 Å². The van der Waals surface area contributed by atoms with Crippen LogP contribution in [0.1, 0.15) is 47.4 Å². The maximum Gasteiger partial charge on any atom is 0.253 e. The molecule has 0 aliphatic rings. The largest absolute Gasteiger partial charge is 0.339 e. The minimum atomic E-state index is -0.540. The predicted molar refractivity (Wildman–Crippen MR) is 73.1 cm³/mol. The Morgan fingerprint density at radius 3 is 2.17 bits per heavy atom. The molecule has 0 N–H and O–H groups in total. The quantitative estimate of drug-likeness (QED) is 0.742. The summed E-state index contributed by atoms with van der Waals surface area (Å²) in [4.78, 5) is 25.2. The number of benzene rings is 1. The summed E-state index contributed by atoms with van der Waals surface area (Å²) in [5, 5.41) is -0.540. The lowest BCUT2D eigenvalue weighted by molar-refractivity contribution is 0.0755. The minimum absolute atomic E-state index is 0.0431. The molecule has 18 heavy (non-hydrogen) atoms. The highest BCUT2D eigenvalue weighted by Crippen LogP contribution is 2.11. The van der Waals surface area contributed by atoms with Crippen molar-refractivity contribution in [2.24, 2.45) is 0 Å². The summed E-state index contributed by atoms with van der Waals surface area (Å²) in [6, 6.07) is 6.55. The van der Waals surface area contributed by atoms with Gasteiger partial charge in [0.1, 0.15) is 0 Å². The molecule has 0 unspecified atom stereocenters. The topological polar surface area (TPSA) is 37.4 Å². The smallest absolute Gasteiger partial charge is 0.253 e. The monoisotopic (exact) mass is 267 g/mol. The molecule has 0 atom stereocenters. The third-order valence-corrected chi connectivity index (χ3v) is 2.83. The van der Waals surface area contributed by atoms with Crippen molar-refractivity contribution in [2.75, 3.05) is 13.1 Å². The Balaban J connectivity index is 2.93. The van der Waals surface area contributed by atoms with E-state index < -0.39 is 5.24 Å². The Kier molecular flexibility index (Phi) is 5.86. The fourth-order valence-electron chi connectivity index (χ4n) is 1.81. The molecular weight excluding hydrogens is 250 g/mol. The minimum Gasteiger partial charge on any atom is -0.339 e. The number of carbonyl (C=O) groups excluding carboxylic acids is 2. The third-order valence-electron chi connectivity index (χ3n) is 2.61. The second-order valence-corrected chi connectivity index (χ2v) is 4.49. The molecule has 0 saturated heterocycles. The van der Waals surface area contributed by atoms with E-state index in [2.05, 4.69) is 0 Å². The first-order valence-electron chi connectivity index (χ1n) is 6.19. The summed E-state index contributed by atoms with van der Waals surface area (Å²) >= 11 is 5.42. The lowest BCUT2D eigenvalue weighted by Crippen LogP contribution is -2.32. The van der Waals surface area contributed by atoms with Gasteiger partial charge in [-0.3, -0.25) is 9.59 Å². The van der Waals surface area contributed by atoms with Crippen LogP contribution in [0.15, 0.2) is 24.3 Å². The lowest BCUT2D eigenvalue weighted by atomic mass is 10.1. The molecule has 0 aliphatic carbocycles. The van der Waals surface area contributed by atoms with Crippen LogP contribution in [0.4, 0.5) is 0 Å². The Bertz CT molecular complexity index is 426. The van der Waals surface area contributed by atoms with Gasteiger partial charge in [-0.25, -0.2) is 0 Å². The second kappa shape index (κ2) is 7.17. The molecule has 0 aliphatic heterocycles. The first-order valence-corrected chi connectivity index (χ1v) is 6.57. The SMILES string of the molecule is CCCN(CCC)C(=O)c1cccc(C(=O)Cl)c1. The van der Waals surface area contributed by atoms with Crippen molar-refractivity contribution in [2.45, 2.75) is 26.7 Å². The van der Waals surface area contributed by atoms with Gasteiger partial charge in [0.2, 0.25) is 0 Å². The normalized spacial score (nSPS) is 10.2. The van der Waals surface area contributed by atoms with E-state index in [0.717, 1.165) is 25.9 Å². The van der Waals surface area contributed by atoms with E-state index in [1.54, 1.807) is 29.2 Å². The Morgan fingerprint density at radius 1 is 1.11 bits per heavy atom. The van der Waals surface area contributed by atoms with Crippen molar-refractivity contribution in [1.82, 2.24) is 4.90 Å². The zero-order valence-corrected chi connectivity index (χ0v) is 11.5. The van der Waals surface area contributed by atoms with Crippen LogP contribution in [0.3, 0.4) is 0 Å². The summed E-state index contributed by atoms with van der Waals surface area (Å²) in [7, 11) is 0. The fourth-order valence-corrected chi connectivity index (χ4v) is 1.93. The van der Waals surface area contributed by atoms with E-state index in [0.29, 0.717) is 11.1 Å². The first-order chi connectivity index (χ1) is 8.60. The lowest BCUT2D eigenvalue weighted by Gasteiger charge is -2.21. The Labute approximate surface area is 113 Å². The molecule has 1 amide bonds. The molecule has 0 heterocycles. The van der Waals surface area contributed by atoms with Crippen LogP contribution >= 0.6 is 11.6 Å². The molecule has 98 valence electrons. The molecule has 0 aromatic heterocycles. The zero-order chi connectivity index (χ0) is 13.5. The van der Waals surface area contributed by atoms with Gasteiger partial charge in [0.05, 0.1) is 0 Å². The van der Waals surface area contributed by atoms with Crippen LogP contribution in [0.5, 0.6) is 0 Å². The summed E-state index contributed by atoms with van der Waals surface area (Å²) in [5.41, 5.74) is 0.874. The van der Waals surface area contributed by atoms with E-state index in [4.69, 9.17) is 11.6 Å². The number of halogens is 1. The average Bonchev–Trinajstić information content (AvgIpc) is 2.38. The molecular formula is C14H18ClNO2. The van der Waals surface area contributed by atoms with Crippen molar-refractivity contribution in [3.05, 3.63) is 35.4 Å². The number of hydrogen-bond acceptors (Lipinski definition) is 2. The highest BCUT2D eigenvalue weighted by Gasteiger charge is 2.15. The molecule has 0 radical (unpaired) electrons. The van der Waals surface area contributed by atoms with E-state index in [1.165, 1.54) is 0 Å². The van der Waals surface area contributed by atoms with Crippen LogP contribution in [0.25, 0.3) is 0 Å². The van der Waals surface area contributed by atoms with E-state index in [9.17, 15) is 9.59 Å². The Morgan fingerprint density at radius 2 is 1.67 bits per heavy atom. The highest BCUT2D eigenvalue weighted by molar-refractivity contribution is 6.67. The maximum atomic E-state index is 12.3. The molecule has 0 fully saturated rings. The molecule has 0 spiro atoms. The van der Waals surface area contributed by atoms with Crippen LogP contribution in [0, 0.1) is 0 Å². The molecule has 3 nitrogen and oxygen atoms in total. The number of rotatable bonds is 6. The molecule has 1 aromatic rings. The van der Waals surface area contributed by atoms with E-state index >= 15 is 0 Å². The molecule has 1 aromatic carbocycles. The summed E-state index contributed by atoms with van der Waals surface area (Å²) < 4.78 is 0. The van der Waals surface area contributed by atoms with Gasteiger partial charge >= 0.3 is 0 Å². The first kappa shape index (κ1) is 14.7. The van der Waals surface area contributed by atoms with Crippen molar-refractivity contribution in [1.29, 1.82) is 0 Å². The molecule has 0 saturated carbocycles. The third kappa shape index (κ3) is 3.84. The van der Waals surface area contributed by atoms with Crippen molar-refractivity contribution in [3.8, 4) is 0 Å². The zero-order valence-electron chi connectivity index (χ0n) is 10.8. The van der Waals surface area contributed by atoms with E-state index in [1.807, 2.05) is 13.8 Å². The number of nitrogens with zero attached hydrogens (tertiary/aromatic N) is 1. The van der Waals surface area contributed by atoms with Gasteiger partial charge in [-0.2, -0.15) is 0 Å². The van der Waals surface area contributed by atoms with Gasteiger partial charge in [0.15, 0.2) is 0 Å². The standard InChI is InChI=1S/C14H18ClNO2/c1-3-8-16(9-4-2)14(18)12-7-5-6-11(10-12)13(15)17/h5-7,10H,3-4,8-9H2,1-2H3. The van der Waals surface area contributed by atoms with Gasteiger partial charge in [-0.15, -0.1) is 0 Å². The Hall–Kier alpha value is -1.35. The average molecular weight is 268 g/mol. The number of hydrogen-bond donors (Lipinski definition) is 0. The maximum absolute atomic E-state index is 12.3. The van der Waals surface area contributed by atoms with Gasteiger partial charge in [0, 0.05) is 24.2 Å². The fraction of sp³-hybridized carbons (Fsp3) is 0.429. The van der Waals surface area contributed by atoms with Gasteiger partial charge in [-0.05, 0) is 36.6 Å². The highest BCUT2D eigenvalue weighted by atomic mass is 35.5. The molecule has 1 rings (SSSR count). The number of amides is 1. The number of carbonyl (C=O) groups is 2. The summed E-state index contributed by atoms with van der Waals surface area (Å²) in [5.74, 6) is -0.0431. The van der Waals surface area contributed by atoms with Crippen LogP contribution < -0.4 is 0 Å². The van der Waals surface area contributed by atoms with Gasteiger partial charge in [-0.1, -0.05) is 26.0 Å². The summed E-state index contributed by atoms with van der Waals surface area (Å²) in [6.45, 7) is 5.53. The van der Waals surface area contributed by atoms with E-state index in [-0.39, 0.29) is 5.91 Å². The molecule has 4 heteroatoms. The van der Waals surface area contributed by atoms with Crippen molar-refractivity contribution >= 4 is 22.8 Å². The molecule has 0 bridgehead atoms. The summed E-state index contributed by atoms with van der Waals surface area (Å²) in [6.07, 6.45) is 1.83. The predicted octanol–water partition coefficient (Wildman–Crippen LogP) is 3.33. The second-order valence-electron chi connectivity index (χ2n) is 4.15. The van der Waals surface area contributed by atoms with Crippen LogP contribution in [0.2, 0.25) is 0 Å².